The Morgan fingerprint density at radius 2 is 1.96 bits per heavy atom. The van der Waals surface area contributed by atoms with Gasteiger partial charge >= 0.3 is 0 Å². The van der Waals surface area contributed by atoms with Crippen molar-refractivity contribution >= 4 is 5.70 Å². The van der Waals surface area contributed by atoms with Crippen LogP contribution in [0.25, 0.3) is 5.70 Å². The Morgan fingerprint density at radius 3 is 2.72 bits per heavy atom. The number of para-hydroxylation sites is 1. The van der Waals surface area contributed by atoms with Crippen LogP contribution in [0.15, 0.2) is 30.5 Å². The van der Waals surface area contributed by atoms with Crippen LogP contribution in [0.2, 0.25) is 0 Å². The Labute approximate surface area is 151 Å². The summed E-state index contributed by atoms with van der Waals surface area (Å²) in [4.78, 5) is 2.51. The fourth-order valence-electron chi connectivity index (χ4n) is 3.19. The van der Waals surface area contributed by atoms with E-state index in [-0.39, 0.29) is 5.41 Å². The molecule has 2 aliphatic rings. The molecule has 0 amide bonds. The van der Waals surface area contributed by atoms with Crippen LogP contribution in [-0.2, 0) is 4.74 Å². The zero-order chi connectivity index (χ0) is 17.5. The second kappa shape index (κ2) is 8.59. The van der Waals surface area contributed by atoms with Crippen molar-refractivity contribution in [3.8, 4) is 5.75 Å². The SMILES string of the molecule is CC(C)(CCOc1ccccc1C1=CNCN1)CCN1CCOCC1. The van der Waals surface area contributed by atoms with E-state index in [9.17, 15) is 0 Å². The number of benzene rings is 1. The van der Waals surface area contributed by atoms with Gasteiger partial charge in [0.2, 0.25) is 0 Å². The number of nitrogens with one attached hydrogen (secondary N) is 2. The summed E-state index contributed by atoms with van der Waals surface area (Å²) in [5.74, 6) is 0.953. The van der Waals surface area contributed by atoms with Crippen molar-refractivity contribution in [3.05, 3.63) is 36.0 Å². The maximum absolute atomic E-state index is 6.14. The lowest BCUT2D eigenvalue weighted by Crippen LogP contribution is -2.38. The predicted molar refractivity (Wildman–Crippen MR) is 101 cm³/mol. The molecule has 25 heavy (non-hydrogen) atoms. The molecule has 138 valence electrons. The lowest BCUT2D eigenvalue weighted by molar-refractivity contribution is 0.0316. The van der Waals surface area contributed by atoms with Crippen LogP contribution in [0.1, 0.15) is 32.3 Å². The van der Waals surface area contributed by atoms with E-state index in [0.717, 1.165) is 69.6 Å². The van der Waals surface area contributed by atoms with Crippen LogP contribution in [0.3, 0.4) is 0 Å². The Bertz CT molecular complexity index is 580. The van der Waals surface area contributed by atoms with Crippen molar-refractivity contribution in [1.29, 1.82) is 0 Å². The summed E-state index contributed by atoms with van der Waals surface area (Å²) in [7, 11) is 0. The van der Waals surface area contributed by atoms with Crippen molar-refractivity contribution in [1.82, 2.24) is 15.5 Å². The van der Waals surface area contributed by atoms with Gasteiger partial charge in [-0.05, 0) is 36.9 Å². The summed E-state index contributed by atoms with van der Waals surface area (Å²) in [6, 6.07) is 8.24. The quantitative estimate of drug-likeness (QED) is 0.758. The smallest absolute Gasteiger partial charge is 0.128 e. The fourth-order valence-corrected chi connectivity index (χ4v) is 3.19. The number of morpholine rings is 1. The molecule has 0 bridgehead atoms. The third-order valence-electron chi connectivity index (χ3n) is 5.05. The molecular weight excluding hydrogens is 314 g/mol. The minimum Gasteiger partial charge on any atom is -0.493 e. The average molecular weight is 345 g/mol. The lowest BCUT2D eigenvalue weighted by Gasteiger charge is -2.31. The van der Waals surface area contributed by atoms with Crippen molar-refractivity contribution in [2.24, 2.45) is 5.41 Å². The molecule has 1 aromatic rings. The van der Waals surface area contributed by atoms with E-state index in [4.69, 9.17) is 9.47 Å². The van der Waals surface area contributed by atoms with E-state index in [0.29, 0.717) is 0 Å². The van der Waals surface area contributed by atoms with Crippen molar-refractivity contribution in [2.75, 3.05) is 46.1 Å². The van der Waals surface area contributed by atoms with Gasteiger partial charge in [0.15, 0.2) is 0 Å². The van der Waals surface area contributed by atoms with Gasteiger partial charge in [-0.2, -0.15) is 0 Å². The molecule has 2 aliphatic heterocycles. The van der Waals surface area contributed by atoms with Crippen LogP contribution in [0.4, 0.5) is 0 Å². The number of hydrogen-bond acceptors (Lipinski definition) is 5. The van der Waals surface area contributed by atoms with E-state index in [1.807, 2.05) is 12.3 Å². The predicted octanol–water partition coefficient (Wildman–Crippen LogP) is 2.65. The largest absolute Gasteiger partial charge is 0.493 e. The van der Waals surface area contributed by atoms with E-state index in [1.54, 1.807) is 0 Å². The van der Waals surface area contributed by atoms with Crippen molar-refractivity contribution in [3.63, 3.8) is 0 Å². The van der Waals surface area contributed by atoms with Crippen LogP contribution >= 0.6 is 0 Å². The first kappa shape index (κ1) is 18.1. The molecule has 1 aromatic carbocycles. The lowest BCUT2D eigenvalue weighted by atomic mass is 9.86. The molecule has 5 heteroatoms. The van der Waals surface area contributed by atoms with Gasteiger partial charge in [-0.25, -0.2) is 0 Å². The fraction of sp³-hybridized carbons (Fsp3) is 0.600. The first-order chi connectivity index (χ1) is 12.1. The average Bonchev–Trinajstić information content (AvgIpc) is 3.16. The minimum atomic E-state index is 0.277. The summed E-state index contributed by atoms with van der Waals surface area (Å²) < 4.78 is 11.6. The maximum atomic E-state index is 6.14. The third-order valence-corrected chi connectivity index (χ3v) is 5.05. The molecule has 0 unspecified atom stereocenters. The zero-order valence-electron chi connectivity index (χ0n) is 15.5. The van der Waals surface area contributed by atoms with Gasteiger partial charge in [-0.1, -0.05) is 26.0 Å². The molecule has 0 spiro atoms. The topological polar surface area (TPSA) is 45.8 Å². The van der Waals surface area contributed by atoms with Gasteiger partial charge in [-0.15, -0.1) is 0 Å². The summed E-state index contributed by atoms with van der Waals surface area (Å²) in [6.07, 6.45) is 4.25. The standard InChI is InChI=1S/C20H31N3O2/c1-20(2,7-9-23-10-13-24-14-11-23)8-12-25-19-6-4-3-5-17(19)18-15-21-16-22-18/h3-6,15,21-22H,7-14,16H2,1-2H3. The van der Waals surface area contributed by atoms with Crippen LogP contribution < -0.4 is 15.4 Å². The van der Waals surface area contributed by atoms with Gasteiger partial charge in [0.05, 0.1) is 32.2 Å². The Morgan fingerprint density at radius 1 is 1.16 bits per heavy atom. The molecule has 0 atom stereocenters. The molecular formula is C20H31N3O2. The third kappa shape index (κ3) is 5.38. The van der Waals surface area contributed by atoms with Gasteiger partial charge in [-0.3, -0.25) is 4.90 Å². The summed E-state index contributed by atoms with van der Waals surface area (Å²) >= 11 is 0. The first-order valence-corrected chi connectivity index (χ1v) is 9.34. The second-order valence-corrected chi connectivity index (χ2v) is 7.58. The molecule has 0 saturated carbocycles. The maximum Gasteiger partial charge on any atom is 0.128 e. The number of nitrogens with zero attached hydrogens (tertiary/aromatic N) is 1. The molecule has 1 saturated heterocycles. The normalized spacial score (nSPS) is 18.4. The van der Waals surface area contributed by atoms with E-state index < -0.39 is 0 Å². The summed E-state index contributed by atoms with van der Waals surface area (Å²) in [6.45, 7) is 11.2. The molecule has 0 aromatic heterocycles. The van der Waals surface area contributed by atoms with Gasteiger partial charge in [0.25, 0.3) is 0 Å². The molecule has 0 radical (unpaired) electrons. The highest BCUT2D eigenvalue weighted by Crippen LogP contribution is 2.28. The Balaban J connectivity index is 1.47. The molecule has 2 heterocycles. The Kier molecular flexibility index (Phi) is 6.21. The molecule has 2 N–H and O–H groups in total. The van der Waals surface area contributed by atoms with E-state index >= 15 is 0 Å². The highest BCUT2D eigenvalue weighted by atomic mass is 16.5. The summed E-state index contributed by atoms with van der Waals surface area (Å²) in [5.41, 5.74) is 2.50. The van der Waals surface area contributed by atoms with Crippen LogP contribution in [0, 0.1) is 5.41 Å². The zero-order valence-corrected chi connectivity index (χ0v) is 15.5. The van der Waals surface area contributed by atoms with Gasteiger partial charge in [0.1, 0.15) is 5.75 Å². The highest BCUT2D eigenvalue weighted by molar-refractivity contribution is 5.70. The highest BCUT2D eigenvalue weighted by Gasteiger charge is 2.21. The van der Waals surface area contributed by atoms with Gasteiger partial charge < -0.3 is 20.1 Å². The van der Waals surface area contributed by atoms with Crippen LogP contribution in [-0.4, -0.2) is 51.0 Å². The number of rotatable bonds is 8. The number of ether oxygens (including phenoxy) is 2. The second-order valence-electron chi connectivity index (χ2n) is 7.58. The first-order valence-electron chi connectivity index (χ1n) is 9.34. The van der Waals surface area contributed by atoms with Crippen molar-refractivity contribution in [2.45, 2.75) is 26.7 Å². The molecule has 0 aliphatic carbocycles. The van der Waals surface area contributed by atoms with E-state index in [2.05, 4.69) is 47.6 Å². The minimum absolute atomic E-state index is 0.277. The monoisotopic (exact) mass is 345 g/mol. The van der Waals surface area contributed by atoms with E-state index in [1.165, 1.54) is 6.42 Å². The molecule has 1 fully saturated rings. The number of hydrogen-bond donors (Lipinski definition) is 2. The molecule has 5 nitrogen and oxygen atoms in total. The molecule has 3 rings (SSSR count). The van der Waals surface area contributed by atoms with Crippen molar-refractivity contribution < 1.29 is 9.47 Å². The van der Waals surface area contributed by atoms with Crippen LogP contribution in [0.5, 0.6) is 5.75 Å². The Hall–Kier alpha value is -1.72. The summed E-state index contributed by atoms with van der Waals surface area (Å²) in [5, 5.41) is 6.51. The van der Waals surface area contributed by atoms with Gasteiger partial charge in [0, 0.05) is 24.9 Å².